The van der Waals surface area contributed by atoms with Gasteiger partial charge in [-0.3, -0.25) is 0 Å². The zero-order chi connectivity index (χ0) is 9.36. The zero-order valence-corrected chi connectivity index (χ0v) is 9.08. The molecule has 14 heavy (non-hydrogen) atoms. The average Bonchev–Trinajstić information content (AvgIpc) is 2.22. The molecule has 0 nitrogen and oxygen atoms in total. The van der Waals surface area contributed by atoms with E-state index in [1.54, 1.807) is 0 Å². The fourth-order valence-electron chi connectivity index (χ4n) is 0.919. The third-order valence-electron chi connectivity index (χ3n) is 1.61. The van der Waals surface area contributed by atoms with E-state index in [0.717, 1.165) is 0 Å². The van der Waals surface area contributed by atoms with E-state index >= 15 is 0 Å². The standard InChI is InChI=1S/C7H8.C6H6.ClH/c1-7-5-3-2-4-6-7;1-2-4-6-5-3-1;/h2-6H,1H3;1-6H;1H. The molecule has 0 unspecified atom stereocenters. The fourth-order valence-corrected chi connectivity index (χ4v) is 0.919. The van der Waals surface area contributed by atoms with Crippen molar-refractivity contribution < 1.29 is 0 Å². The lowest BCUT2D eigenvalue weighted by Crippen LogP contribution is -1.62. The van der Waals surface area contributed by atoms with Gasteiger partial charge in [0.2, 0.25) is 0 Å². The third-order valence-corrected chi connectivity index (χ3v) is 1.61. The number of aryl methyl sites for hydroxylation is 1. The first kappa shape index (κ1) is 12.7. The van der Waals surface area contributed by atoms with E-state index in [2.05, 4.69) is 19.1 Å². The molecular weight excluding hydrogens is 192 g/mol. The van der Waals surface area contributed by atoms with E-state index in [0.29, 0.717) is 0 Å². The van der Waals surface area contributed by atoms with Gasteiger partial charge in [0.1, 0.15) is 0 Å². The highest BCUT2D eigenvalue weighted by atomic mass is 35.5. The maximum absolute atomic E-state index is 2.08. The van der Waals surface area contributed by atoms with Crippen molar-refractivity contribution in [2.45, 2.75) is 6.92 Å². The smallest absolute Gasteiger partial charge is 0.0398 e. The summed E-state index contributed by atoms with van der Waals surface area (Å²) < 4.78 is 0. The van der Waals surface area contributed by atoms with E-state index in [1.807, 2.05) is 54.6 Å². The van der Waals surface area contributed by atoms with E-state index < -0.39 is 0 Å². The van der Waals surface area contributed by atoms with Crippen molar-refractivity contribution in [3.63, 3.8) is 0 Å². The molecule has 0 atom stereocenters. The normalized spacial score (nSPS) is 7.79. The first-order chi connectivity index (χ1) is 6.39. The summed E-state index contributed by atoms with van der Waals surface area (Å²) in [6.07, 6.45) is 0. The predicted octanol–water partition coefficient (Wildman–Crippen LogP) is 4.10. The molecule has 2 aromatic rings. The van der Waals surface area contributed by atoms with Crippen LogP contribution in [0.15, 0.2) is 66.7 Å². The number of halogens is 1. The minimum absolute atomic E-state index is 0. The summed E-state index contributed by atoms with van der Waals surface area (Å²) >= 11 is 0. The van der Waals surface area contributed by atoms with Crippen molar-refractivity contribution in [1.29, 1.82) is 0 Å². The van der Waals surface area contributed by atoms with Gasteiger partial charge in [0.05, 0.1) is 0 Å². The summed E-state index contributed by atoms with van der Waals surface area (Å²) in [5.74, 6) is 0. The lowest BCUT2D eigenvalue weighted by atomic mass is 10.2. The molecule has 0 bridgehead atoms. The Hall–Kier alpha value is -1.27. The number of hydrogen-bond donors (Lipinski definition) is 0. The van der Waals surface area contributed by atoms with Crippen LogP contribution in [-0.4, -0.2) is 0 Å². The molecule has 2 rings (SSSR count). The maximum Gasteiger partial charge on any atom is -0.0398 e. The Morgan fingerprint density at radius 2 is 0.857 bits per heavy atom. The highest BCUT2D eigenvalue weighted by Crippen LogP contribution is 1.92. The molecule has 0 radical (unpaired) electrons. The van der Waals surface area contributed by atoms with Gasteiger partial charge >= 0.3 is 0 Å². The molecule has 0 aromatic heterocycles. The van der Waals surface area contributed by atoms with Gasteiger partial charge in [0, 0.05) is 0 Å². The van der Waals surface area contributed by atoms with Crippen molar-refractivity contribution in [2.24, 2.45) is 0 Å². The van der Waals surface area contributed by atoms with Crippen LogP contribution in [0.5, 0.6) is 0 Å². The zero-order valence-electron chi connectivity index (χ0n) is 8.26. The summed E-state index contributed by atoms with van der Waals surface area (Å²) in [7, 11) is 0. The quantitative estimate of drug-likeness (QED) is 0.609. The Morgan fingerprint density at radius 3 is 1.07 bits per heavy atom. The lowest BCUT2D eigenvalue weighted by Gasteiger charge is -1.82. The van der Waals surface area contributed by atoms with E-state index in [4.69, 9.17) is 0 Å². The molecule has 0 aliphatic rings. The molecule has 0 amide bonds. The van der Waals surface area contributed by atoms with Crippen LogP contribution in [0.4, 0.5) is 0 Å². The van der Waals surface area contributed by atoms with Gasteiger partial charge in [0.15, 0.2) is 0 Å². The van der Waals surface area contributed by atoms with Gasteiger partial charge < -0.3 is 0 Å². The molecule has 0 aliphatic heterocycles. The number of benzene rings is 2. The molecule has 0 aliphatic carbocycles. The largest absolute Gasteiger partial charge is 0.147 e. The van der Waals surface area contributed by atoms with Gasteiger partial charge in [-0.15, -0.1) is 12.4 Å². The maximum atomic E-state index is 2.08. The number of rotatable bonds is 0. The van der Waals surface area contributed by atoms with Gasteiger partial charge in [-0.1, -0.05) is 72.3 Å². The predicted molar refractivity (Wildman–Crippen MR) is 64.9 cm³/mol. The Bertz CT molecular complexity index is 276. The van der Waals surface area contributed by atoms with Crippen LogP contribution in [0.3, 0.4) is 0 Å². The van der Waals surface area contributed by atoms with Gasteiger partial charge in [-0.2, -0.15) is 0 Å². The highest BCUT2D eigenvalue weighted by Gasteiger charge is 1.72. The van der Waals surface area contributed by atoms with Crippen LogP contribution in [-0.2, 0) is 0 Å². The van der Waals surface area contributed by atoms with Crippen LogP contribution < -0.4 is 0 Å². The Morgan fingerprint density at radius 1 is 0.571 bits per heavy atom. The minimum Gasteiger partial charge on any atom is -0.147 e. The molecule has 0 spiro atoms. The molecule has 1 heteroatoms. The van der Waals surface area contributed by atoms with Crippen molar-refractivity contribution in [1.82, 2.24) is 0 Å². The van der Waals surface area contributed by atoms with Crippen LogP contribution >= 0.6 is 12.4 Å². The van der Waals surface area contributed by atoms with Crippen LogP contribution in [0.25, 0.3) is 0 Å². The first-order valence-corrected chi connectivity index (χ1v) is 4.41. The van der Waals surface area contributed by atoms with E-state index in [1.165, 1.54) is 5.56 Å². The summed E-state index contributed by atoms with van der Waals surface area (Å²) in [6.45, 7) is 2.08. The van der Waals surface area contributed by atoms with E-state index in [-0.39, 0.29) is 12.4 Å². The SMILES string of the molecule is Cc1ccccc1.Cl.c1ccccc1. The van der Waals surface area contributed by atoms with Gasteiger partial charge in [0.25, 0.3) is 0 Å². The lowest BCUT2D eigenvalue weighted by molar-refractivity contribution is 1.48. The van der Waals surface area contributed by atoms with Crippen molar-refractivity contribution in [3.8, 4) is 0 Å². The van der Waals surface area contributed by atoms with Crippen molar-refractivity contribution in [2.75, 3.05) is 0 Å². The molecule has 0 saturated carbocycles. The first-order valence-electron chi connectivity index (χ1n) is 4.41. The van der Waals surface area contributed by atoms with Crippen LogP contribution in [0.2, 0.25) is 0 Å². The van der Waals surface area contributed by atoms with Crippen LogP contribution in [0, 0.1) is 6.92 Å². The molecule has 0 saturated heterocycles. The summed E-state index contributed by atoms with van der Waals surface area (Å²) in [5, 5.41) is 0. The second-order valence-corrected chi connectivity index (χ2v) is 2.81. The molecule has 0 N–H and O–H groups in total. The monoisotopic (exact) mass is 206 g/mol. The average molecular weight is 207 g/mol. The van der Waals surface area contributed by atoms with Crippen molar-refractivity contribution >= 4 is 12.4 Å². The Balaban J connectivity index is 0.000000227. The van der Waals surface area contributed by atoms with Crippen LogP contribution in [0.1, 0.15) is 5.56 Å². The topological polar surface area (TPSA) is 0 Å². The summed E-state index contributed by atoms with van der Waals surface area (Å²) in [6, 6.07) is 22.3. The fraction of sp³-hybridized carbons (Fsp3) is 0.0769. The third kappa shape index (κ3) is 6.27. The second kappa shape index (κ2) is 8.33. The Labute approximate surface area is 92.0 Å². The molecule has 2 aromatic carbocycles. The molecule has 74 valence electrons. The van der Waals surface area contributed by atoms with E-state index in [9.17, 15) is 0 Å². The Kier molecular flexibility index (Phi) is 7.58. The molecule has 0 heterocycles. The molecular formula is C13H15Cl. The van der Waals surface area contributed by atoms with Gasteiger partial charge in [-0.05, 0) is 6.92 Å². The minimum atomic E-state index is 0. The summed E-state index contributed by atoms with van der Waals surface area (Å²) in [5.41, 5.74) is 1.32. The summed E-state index contributed by atoms with van der Waals surface area (Å²) in [4.78, 5) is 0. The van der Waals surface area contributed by atoms with Crippen molar-refractivity contribution in [3.05, 3.63) is 72.3 Å². The number of hydrogen-bond acceptors (Lipinski definition) is 0. The molecule has 0 fully saturated rings. The van der Waals surface area contributed by atoms with Gasteiger partial charge in [-0.25, -0.2) is 0 Å². The second-order valence-electron chi connectivity index (χ2n) is 2.81. The highest BCUT2D eigenvalue weighted by molar-refractivity contribution is 5.85.